The molecule has 1 fully saturated rings. The third-order valence-corrected chi connectivity index (χ3v) is 6.70. The Bertz CT molecular complexity index is 1260. The molecule has 160 valence electrons. The molecule has 5 rings (SSSR count). The molecule has 1 aliphatic rings. The van der Waals surface area contributed by atoms with Gasteiger partial charge >= 0.3 is 0 Å². The minimum absolute atomic E-state index is 0.714. The maximum Gasteiger partial charge on any atom is 0.199 e. The van der Waals surface area contributed by atoms with Crippen LogP contribution < -0.4 is 0 Å². The van der Waals surface area contributed by atoms with Crippen molar-refractivity contribution in [3.63, 3.8) is 0 Å². The van der Waals surface area contributed by atoms with Crippen LogP contribution in [0.3, 0.4) is 0 Å². The van der Waals surface area contributed by atoms with E-state index in [0.29, 0.717) is 6.67 Å². The Morgan fingerprint density at radius 2 is 1.71 bits per heavy atom. The van der Waals surface area contributed by atoms with Crippen LogP contribution in [0.15, 0.2) is 59.2 Å². The number of rotatable bonds is 5. The molecule has 0 saturated carbocycles. The molecular formula is C24H27N5OS. The molecule has 0 aliphatic carbocycles. The molecule has 31 heavy (non-hydrogen) atoms. The van der Waals surface area contributed by atoms with E-state index in [1.165, 1.54) is 16.3 Å². The molecular weight excluding hydrogens is 406 g/mol. The molecule has 1 aliphatic heterocycles. The van der Waals surface area contributed by atoms with Crippen molar-refractivity contribution in [1.29, 1.82) is 0 Å². The van der Waals surface area contributed by atoms with E-state index in [0.717, 1.165) is 54.6 Å². The molecule has 7 heteroatoms. The molecule has 0 bridgehead atoms. The van der Waals surface area contributed by atoms with Gasteiger partial charge in [0.1, 0.15) is 5.76 Å². The van der Waals surface area contributed by atoms with Crippen LogP contribution in [0.25, 0.3) is 22.2 Å². The zero-order valence-corrected chi connectivity index (χ0v) is 18.8. The van der Waals surface area contributed by atoms with Crippen LogP contribution >= 0.6 is 12.2 Å². The molecule has 0 N–H and O–H groups in total. The number of furan rings is 1. The Morgan fingerprint density at radius 3 is 2.48 bits per heavy atom. The maximum atomic E-state index is 5.65. The quantitative estimate of drug-likeness (QED) is 0.435. The van der Waals surface area contributed by atoms with Crippen molar-refractivity contribution in [1.82, 2.24) is 24.1 Å². The van der Waals surface area contributed by atoms with E-state index >= 15 is 0 Å². The van der Waals surface area contributed by atoms with Gasteiger partial charge in [-0.05, 0) is 41.5 Å². The van der Waals surface area contributed by atoms with Crippen LogP contribution in [0.4, 0.5) is 0 Å². The van der Waals surface area contributed by atoms with Crippen molar-refractivity contribution in [2.24, 2.45) is 7.05 Å². The van der Waals surface area contributed by atoms with Crippen molar-refractivity contribution in [2.45, 2.75) is 20.1 Å². The van der Waals surface area contributed by atoms with Crippen molar-refractivity contribution >= 4 is 23.0 Å². The van der Waals surface area contributed by atoms with E-state index in [2.05, 4.69) is 52.3 Å². The second kappa shape index (κ2) is 8.42. The first kappa shape index (κ1) is 20.2. The van der Waals surface area contributed by atoms with Gasteiger partial charge in [0.15, 0.2) is 10.6 Å². The van der Waals surface area contributed by atoms with Crippen molar-refractivity contribution in [2.75, 3.05) is 26.2 Å². The number of benzene rings is 2. The highest BCUT2D eigenvalue weighted by atomic mass is 32.1. The van der Waals surface area contributed by atoms with Gasteiger partial charge in [0.05, 0.1) is 18.5 Å². The van der Waals surface area contributed by atoms with E-state index < -0.39 is 0 Å². The first-order valence-electron chi connectivity index (χ1n) is 10.7. The van der Waals surface area contributed by atoms with Crippen LogP contribution in [0, 0.1) is 11.7 Å². The van der Waals surface area contributed by atoms with Crippen LogP contribution in [0.2, 0.25) is 0 Å². The fourth-order valence-electron chi connectivity index (χ4n) is 4.38. The predicted octanol–water partition coefficient (Wildman–Crippen LogP) is 4.45. The van der Waals surface area contributed by atoms with Gasteiger partial charge in [-0.2, -0.15) is 5.10 Å². The number of aromatic nitrogens is 3. The highest BCUT2D eigenvalue weighted by Crippen LogP contribution is 2.23. The van der Waals surface area contributed by atoms with E-state index in [4.69, 9.17) is 21.7 Å². The van der Waals surface area contributed by atoms with Crippen LogP contribution in [0.5, 0.6) is 0 Å². The molecule has 6 nitrogen and oxygen atoms in total. The normalized spacial score (nSPS) is 15.7. The Morgan fingerprint density at radius 1 is 0.968 bits per heavy atom. The number of fused-ring (bicyclic) bond motifs is 1. The fraction of sp³-hybridized carbons (Fsp3) is 0.333. The van der Waals surface area contributed by atoms with Gasteiger partial charge in [0.25, 0.3) is 0 Å². The lowest BCUT2D eigenvalue weighted by Crippen LogP contribution is -2.46. The Balaban J connectivity index is 1.25. The summed E-state index contributed by atoms with van der Waals surface area (Å²) < 4.78 is 10.1. The molecule has 2 aromatic carbocycles. The molecule has 2 aromatic heterocycles. The summed E-state index contributed by atoms with van der Waals surface area (Å²) in [6, 6.07) is 17.2. The van der Waals surface area contributed by atoms with Crippen molar-refractivity contribution < 1.29 is 4.42 Å². The molecule has 0 atom stereocenters. The number of hydrogen-bond donors (Lipinski definition) is 0. The Hall–Kier alpha value is -2.74. The van der Waals surface area contributed by atoms with Gasteiger partial charge < -0.3 is 8.98 Å². The van der Waals surface area contributed by atoms with Crippen molar-refractivity contribution in [3.05, 3.63) is 70.9 Å². The SMILES string of the molecule is Cc1occc1-c1nn(CN2CCN(Cc3cccc4ccccc34)CC2)c(=S)n1C. The third-order valence-electron chi connectivity index (χ3n) is 6.21. The lowest BCUT2D eigenvalue weighted by Gasteiger charge is -2.34. The topological polar surface area (TPSA) is 42.4 Å². The van der Waals surface area contributed by atoms with Gasteiger partial charge in [0, 0.05) is 39.8 Å². The molecule has 0 radical (unpaired) electrons. The average molecular weight is 434 g/mol. The summed E-state index contributed by atoms with van der Waals surface area (Å²) in [6.45, 7) is 7.74. The average Bonchev–Trinajstić information content (AvgIpc) is 3.33. The van der Waals surface area contributed by atoms with Crippen LogP contribution in [-0.4, -0.2) is 50.3 Å². The summed E-state index contributed by atoms with van der Waals surface area (Å²) in [5.74, 6) is 1.71. The van der Waals surface area contributed by atoms with Crippen molar-refractivity contribution in [3.8, 4) is 11.4 Å². The van der Waals surface area contributed by atoms with Crippen LogP contribution in [0.1, 0.15) is 11.3 Å². The second-order valence-corrected chi connectivity index (χ2v) is 8.59. The van der Waals surface area contributed by atoms with Gasteiger partial charge in [-0.3, -0.25) is 9.80 Å². The number of aryl methyl sites for hydroxylation is 1. The molecule has 4 aromatic rings. The molecule has 0 amide bonds. The summed E-state index contributed by atoms with van der Waals surface area (Å²) in [5, 5.41) is 7.46. The standard InChI is InChI=1S/C24H27N5OS/c1-18-21(10-15-30-18)23-25-29(24(31)26(23)2)17-28-13-11-27(12-14-28)16-20-8-5-7-19-6-3-4-9-22(19)20/h3-10,15H,11-14,16-17H2,1-2H3. The summed E-state index contributed by atoms with van der Waals surface area (Å²) in [4.78, 5) is 4.96. The summed E-state index contributed by atoms with van der Waals surface area (Å²) in [7, 11) is 1.97. The number of piperazine rings is 1. The first-order valence-corrected chi connectivity index (χ1v) is 11.1. The third kappa shape index (κ3) is 3.96. The largest absolute Gasteiger partial charge is 0.469 e. The smallest absolute Gasteiger partial charge is 0.199 e. The maximum absolute atomic E-state index is 5.65. The molecule has 0 spiro atoms. The van der Waals surface area contributed by atoms with Gasteiger partial charge in [-0.1, -0.05) is 42.5 Å². The highest BCUT2D eigenvalue weighted by Gasteiger charge is 2.20. The Kier molecular flexibility index (Phi) is 5.48. The predicted molar refractivity (Wildman–Crippen MR) is 125 cm³/mol. The molecule has 3 heterocycles. The van der Waals surface area contributed by atoms with E-state index in [9.17, 15) is 0 Å². The fourth-order valence-corrected chi connectivity index (χ4v) is 4.57. The van der Waals surface area contributed by atoms with E-state index in [-0.39, 0.29) is 0 Å². The van der Waals surface area contributed by atoms with Gasteiger partial charge in [-0.25, -0.2) is 4.68 Å². The minimum Gasteiger partial charge on any atom is -0.469 e. The number of nitrogens with zero attached hydrogens (tertiary/aromatic N) is 5. The molecule has 0 unspecified atom stereocenters. The monoisotopic (exact) mass is 433 g/mol. The van der Waals surface area contributed by atoms with Crippen LogP contribution in [-0.2, 0) is 20.3 Å². The summed E-state index contributed by atoms with van der Waals surface area (Å²) in [5.41, 5.74) is 2.39. The number of hydrogen-bond acceptors (Lipinski definition) is 5. The first-order chi connectivity index (χ1) is 15.1. The lowest BCUT2D eigenvalue weighted by molar-refractivity contribution is 0.0983. The Labute approximate surface area is 187 Å². The summed E-state index contributed by atoms with van der Waals surface area (Å²) in [6.07, 6.45) is 1.70. The zero-order valence-electron chi connectivity index (χ0n) is 18.0. The second-order valence-electron chi connectivity index (χ2n) is 8.23. The van der Waals surface area contributed by atoms with E-state index in [1.54, 1.807) is 6.26 Å². The van der Waals surface area contributed by atoms with Gasteiger partial charge in [-0.15, -0.1) is 0 Å². The molecule has 1 saturated heterocycles. The van der Waals surface area contributed by atoms with E-state index in [1.807, 2.05) is 29.3 Å². The van der Waals surface area contributed by atoms with Gasteiger partial charge in [0.2, 0.25) is 0 Å². The highest BCUT2D eigenvalue weighted by molar-refractivity contribution is 7.71. The lowest BCUT2D eigenvalue weighted by atomic mass is 10.0. The minimum atomic E-state index is 0.714. The zero-order chi connectivity index (χ0) is 21.4. The summed E-state index contributed by atoms with van der Waals surface area (Å²) >= 11 is 5.65.